The lowest BCUT2D eigenvalue weighted by molar-refractivity contribution is 0.110. The molecule has 4 heterocycles. The average molecular weight is 166 g/mol. The van der Waals surface area contributed by atoms with E-state index in [1.165, 1.54) is 25.7 Å². The van der Waals surface area contributed by atoms with E-state index in [9.17, 15) is 0 Å². The summed E-state index contributed by atoms with van der Waals surface area (Å²) in [6, 6.07) is 1.64. The molecule has 4 aliphatic heterocycles. The molecule has 0 spiro atoms. The summed E-state index contributed by atoms with van der Waals surface area (Å²) in [6.07, 6.45) is 5.24. The zero-order chi connectivity index (χ0) is 8.13. The van der Waals surface area contributed by atoms with E-state index >= 15 is 0 Å². The maximum Gasteiger partial charge on any atom is 0.0742 e. The summed E-state index contributed by atoms with van der Waals surface area (Å²) >= 11 is 0. The molecule has 66 valence electrons. The van der Waals surface area contributed by atoms with Crippen molar-refractivity contribution in [2.45, 2.75) is 37.8 Å². The maximum atomic E-state index is 8.77. The van der Waals surface area contributed by atoms with Gasteiger partial charge in [0.05, 0.1) is 5.71 Å². The highest BCUT2D eigenvalue weighted by atomic mass is 16.4. The standard InChI is InChI=1S/C9H14N2O/c12-10-9-5-11-7-1-2-8(11)4-6(9)3-7/h6-8,12H,1-5H2/b10-9-. The number of hydrogen-bond donors (Lipinski definition) is 1. The zero-order valence-electron chi connectivity index (χ0n) is 7.11. The Morgan fingerprint density at radius 3 is 2.42 bits per heavy atom. The first-order valence-electron chi connectivity index (χ1n) is 4.85. The first-order chi connectivity index (χ1) is 5.88. The first-order valence-corrected chi connectivity index (χ1v) is 4.85. The third-order valence-corrected chi connectivity index (χ3v) is 3.83. The van der Waals surface area contributed by atoms with E-state index in [4.69, 9.17) is 5.21 Å². The van der Waals surface area contributed by atoms with Crippen LogP contribution < -0.4 is 0 Å². The highest BCUT2D eigenvalue weighted by molar-refractivity contribution is 5.89. The van der Waals surface area contributed by atoms with E-state index in [2.05, 4.69) is 10.1 Å². The van der Waals surface area contributed by atoms with Crippen LogP contribution in [-0.4, -0.2) is 34.4 Å². The van der Waals surface area contributed by atoms with Gasteiger partial charge in [0, 0.05) is 24.5 Å². The topological polar surface area (TPSA) is 35.8 Å². The molecule has 0 amide bonds. The molecular formula is C9H14N2O. The minimum absolute atomic E-state index is 0.609. The van der Waals surface area contributed by atoms with E-state index in [-0.39, 0.29) is 0 Å². The van der Waals surface area contributed by atoms with Crippen LogP contribution in [0.25, 0.3) is 0 Å². The Hall–Kier alpha value is -0.570. The van der Waals surface area contributed by atoms with Gasteiger partial charge in [0.25, 0.3) is 0 Å². The Kier molecular flexibility index (Phi) is 1.28. The van der Waals surface area contributed by atoms with Gasteiger partial charge in [0.2, 0.25) is 0 Å². The summed E-state index contributed by atoms with van der Waals surface area (Å²) in [6.45, 7) is 0.941. The predicted octanol–water partition coefficient (Wildman–Crippen LogP) is 1.07. The van der Waals surface area contributed by atoms with Crippen LogP contribution in [-0.2, 0) is 0 Å². The second kappa shape index (κ2) is 2.22. The smallest absolute Gasteiger partial charge is 0.0742 e. The molecule has 3 nitrogen and oxygen atoms in total. The molecule has 4 fully saturated rings. The molecule has 0 saturated carbocycles. The number of hydrogen-bond acceptors (Lipinski definition) is 3. The van der Waals surface area contributed by atoms with Gasteiger partial charge in [-0.2, -0.15) is 0 Å². The summed E-state index contributed by atoms with van der Waals surface area (Å²) in [5.41, 5.74) is 1.03. The normalized spacial score (nSPS) is 53.5. The van der Waals surface area contributed by atoms with Crippen LogP contribution in [0, 0.1) is 5.92 Å². The molecule has 0 aliphatic carbocycles. The van der Waals surface area contributed by atoms with Crippen LogP contribution in [0.4, 0.5) is 0 Å². The molecule has 0 aromatic rings. The monoisotopic (exact) mass is 166 g/mol. The van der Waals surface area contributed by atoms with Crippen molar-refractivity contribution < 1.29 is 5.21 Å². The van der Waals surface area contributed by atoms with E-state index < -0.39 is 0 Å². The summed E-state index contributed by atoms with van der Waals surface area (Å²) in [4.78, 5) is 2.54. The van der Waals surface area contributed by atoms with Crippen molar-refractivity contribution in [2.75, 3.05) is 6.54 Å². The van der Waals surface area contributed by atoms with Crippen molar-refractivity contribution in [3.05, 3.63) is 0 Å². The van der Waals surface area contributed by atoms with E-state index in [1.54, 1.807) is 0 Å². The molecule has 4 saturated heterocycles. The molecule has 4 bridgehead atoms. The molecule has 4 aliphatic rings. The molecule has 1 N–H and O–H groups in total. The third kappa shape index (κ3) is 0.724. The Morgan fingerprint density at radius 1 is 1.25 bits per heavy atom. The zero-order valence-corrected chi connectivity index (χ0v) is 7.11. The fourth-order valence-electron chi connectivity index (χ4n) is 3.23. The van der Waals surface area contributed by atoms with Crippen molar-refractivity contribution in [2.24, 2.45) is 11.1 Å². The Morgan fingerprint density at radius 2 is 1.92 bits per heavy atom. The number of piperidine rings is 3. The van der Waals surface area contributed by atoms with Crippen molar-refractivity contribution >= 4 is 5.71 Å². The van der Waals surface area contributed by atoms with Crippen molar-refractivity contribution in [3.8, 4) is 0 Å². The van der Waals surface area contributed by atoms with Crippen molar-refractivity contribution in [1.82, 2.24) is 4.90 Å². The van der Waals surface area contributed by atoms with Gasteiger partial charge in [0.15, 0.2) is 0 Å². The van der Waals surface area contributed by atoms with Gasteiger partial charge >= 0.3 is 0 Å². The third-order valence-electron chi connectivity index (χ3n) is 3.83. The lowest BCUT2D eigenvalue weighted by atomic mass is 9.81. The molecule has 2 atom stereocenters. The number of fused-ring (bicyclic) bond motifs is 1. The van der Waals surface area contributed by atoms with Crippen LogP contribution >= 0.6 is 0 Å². The average Bonchev–Trinajstić information content (AvgIpc) is 2.39. The van der Waals surface area contributed by atoms with Crippen LogP contribution in [0.15, 0.2) is 5.16 Å². The second-order valence-corrected chi connectivity index (χ2v) is 4.32. The first kappa shape index (κ1) is 6.89. The molecule has 0 aromatic carbocycles. The highest BCUT2D eigenvalue weighted by Crippen LogP contribution is 2.43. The lowest BCUT2D eigenvalue weighted by Gasteiger charge is -2.45. The quantitative estimate of drug-likeness (QED) is 0.431. The molecule has 0 aromatic heterocycles. The van der Waals surface area contributed by atoms with Gasteiger partial charge < -0.3 is 5.21 Å². The van der Waals surface area contributed by atoms with Crippen LogP contribution in [0.1, 0.15) is 25.7 Å². The summed E-state index contributed by atoms with van der Waals surface area (Å²) in [7, 11) is 0. The highest BCUT2D eigenvalue weighted by Gasteiger charge is 2.47. The maximum absolute atomic E-state index is 8.77. The minimum Gasteiger partial charge on any atom is -0.411 e. The molecule has 3 heteroatoms. The molecule has 0 radical (unpaired) electrons. The van der Waals surface area contributed by atoms with Crippen LogP contribution in [0.5, 0.6) is 0 Å². The fourth-order valence-corrected chi connectivity index (χ4v) is 3.23. The summed E-state index contributed by atoms with van der Waals surface area (Å²) < 4.78 is 0. The Bertz CT molecular complexity index is 225. The van der Waals surface area contributed by atoms with Gasteiger partial charge in [-0.3, -0.25) is 4.90 Å². The predicted molar refractivity (Wildman–Crippen MR) is 45.5 cm³/mol. The van der Waals surface area contributed by atoms with Gasteiger partial charge in [-0.15, -0.1) is 0 Å². The second-order valence-electron chi connectivity index (χ2n) is 4.32. The summed E-state index contributed by atoms with van der Waals surface area (Å²) in [5.74, 6) is 0.609. The van der Waals surface area contributed by atoms with Crippen LogP contribution in [0.3, 0.4) is 0 Å². The van der Waals surface area contributed by atoms with Gasteiger partial charge in [-0.25, -0.2) is 0 Å². The Balaban J connectivity index is 1.93. The fraction of sp³-hybridized carbons (Fsp3) is 0.889. The number of oxime groups is 1. The Labute approximate surface area is 72.0 Å². The van der Waals surface area contributed by atoms with Gasteiger partial charge in [-0.1, -0.05) is 5.16 Å². The van der Waals surface area contributed by atoms with Crippen molar-refractivity contribution in [3.63, 3.8) is 0 Å². The molecular weight excluding hydrogens is 152 g/mol. The lowest BCUT2D eigenvalue weighted by Crippen LogP contribution is -2.54. The molecule has 12 heavy (non-hydrogen) atoms. The number of nitrogens with zero attached hydrogens (tertiary/aromatic N) is 2. The van der Waals surface area contributed by atoms with Crippen LogP contribution in [0.2, 0.25) is 0 Å². The van der Waals surface area contributed by atoms with Gasteiger partial charge in [0.1, 0.15) is 0 Å². The molecule has 2 unspecified atom stereocenters. The number of rotatable bonds is 0. The summed E-state index contributed by atoms with van der Waals surface area (Å²) in [5, 5.41) is 12.2. The van der Waals surface area contributed by atoms with E-state index in [1.807, 2.05) is 0 Å². The van der Waals surface area contributed by atoms with E-state index in [0.29, 0.717) is 5.92 Å². The largest absolute Gasteiger partial charge is 0.411 e. The van der Waals surface area contributed by atoms with Gasteiger partial charge in [-0.05, 0) is 25.7 Å². The van der Waals surface area contributed by atoms with Crippen molar-refractivity contribution in [1.29, 1.82) is 0 Å². The SMILES string of the molecule is O/N=C1/CN2C3CCC2CC1C3. The molecule has 4 rings (SSSR count). The van der Waals surface area contributed by atoms with E-state index in [0.717, 1.165) is 24.3 Å². The minimum atomic E-state index is 0.609.